The van der Waals surface area contributed by atoms with E-state index in [1.807, 2.05) is 6.92 Å². The number of hydrogen-bond acceptors (Lipinski definition) is 4. The van der Waals surface area contributed by atoms with E-state index in [-0.39, 0.29) is 12.5 Å². The lowest BCUT2D eigenvalue weighted by Gasteiger charge is -2.12. The van der Waals surface area contributed by atoms with E-state index in [0.717, 1.165) is 36.5 Å². The van der Waals surface area contributed by atoms with E-state index in [1.54, 1.807) is 24.4 Å². The maximum Gasteiger partial charge on any atom is 0.262 e. The number of hydrogen-bond donors (Lipinski definition) is 3. The Balaban J connectivity index is 1.58. The molecule has 1 amide bonds. The van der Waals surface area contributed by atoms with Crippen LogP contribution in [0.4, 0.5) is 5.69 Å². The summed E-state index contributed by atoms with van der Waals surface area (Å²) >= 11 is 5.90. The van der Waals surface area contributed by atoms with Crippen LogP contribution in [0.1, 0.15) is 23.6 Å². The molecule has 1 fully saturated rings. The van der Waals surface area contributed by atoms with Gasteiger partial charge in [0, 0.05) is 17.5 Å². The van der Waals surface area contributed by atoms with Gasteiger partial charge < -0.3 is 15.4 Å². The van der Waals surface area contributed by atoms with E-state index >= 15 is 0 Å². The van der Waals surface area contributed by atoms with Crippen LogP contribution in [0.25, 0.3) is 0 Å². The van der Waals surface area contributed by atoms with Crippen molar-refractivity contribution < 1.29 is 9.53 Å². The van der Waals surface area contributed by atoms with Crippen LogP contribution in [0.5, 0.6) is 5.75 Å². The average molecular weight is 335 g/mol. The highest BCUT2D eigenvalue weighted by molar-refractivity contribution is 6.30. The van der Waals surface area contributed by atoms with Gasteiger partial charge in [0.15, 0.2) is 6.61 Å². The third-order valence-electron chi connectivity index (χ3n) is 3.91. The molecule has 1 aliphatic heterocycles. The summed E-state index contributed by atoms with van der Waals surface area (Å²) in [4.78, 5) is 12.1. The summed E-state index contributed by atoms with van der Waals surface area (Å²) in [5.41, 5.74) is 2.58. The average Bonchev–Trinajstić information content (AvgIpc) is 3.17. The molecule has 6 nitrogen and oxygen atoms in total. The van der Waals surface area contributed by atoms with Gasteiger partial charge in [0.05, 0.1) is 17.6 Å². The molecule has 3 N–H and O–H groups in total. The first kappa shape index (κ1) is 15.8. The molecule has 1 atom stereocenters. The smallest absolute Gasteiger partial charge is 0.262 e. The third kappa shape index (κ3) is 3.83. The molecule has 1 unspecified atom stereocenters. The van der Waals surface area contributed by atoms with Gasteiger partial charge in [-0.05, 0) is 43.7 Å². The zero-order chi connectivity index (χ0) is 16.2. The molecule has 2 heterocycles. The fourth-order valence-electron chi connectivity index (χ4n) is 2.71. The zero-order valence-electron chi connectivity index (χ0n) is 12.9. The van der Waals surface area contributed by atoms with Gasteiger partial charge in [-0.2, -0.15) is 5.10 Å². The minimum Gasteiger partial charge on any atom is -0.483 e. The summed E-state index contributed by atoms with van der Waals surface area (Å²) in [6.07, 6.45) is 2.67. The number of benzene rings is 1. The van der Waals surface area contributed by atoms with Crippen LogP contribution in [-0.2, 0) is 4.79 Å². The number of nitrogens with zero attached hydrogens (tertiary/aromatic N) is 1. The van der Waals surface area contributed by atoms with Crippen LogP contribution in [0.15, 0.2) is 24.4 Å². The van der Waals surface area contributed by atoms with Gasteiger partial charge in [-0.15, -0.1) is 0 Å². The zero-order valence-corrected chi connectivity index (χ0v) is 13.6. The van der Waals surface area contributed by atoms with Crippen molar-refractivity contribution in [2.24, 2.45) is 0 Å². The normalized spacial score (nSPS) is 17.2. The number of aromatic nitrogens is 2. The van der Waals surface area contributed by atoms with E-state index in [2.05, 4.69) is 20.8 Å². The van der Waals surface area contributed by atoms with Crippen LogP contribution in [0, 0.1) is 6.92 Å². The highest BCUT2D eigenvalue weighted by Gasteiger charge is 2.22. The lowest BCUT2D eigenvalue weighted by molar-refractivity contribution is -0.118. The minimum atomic E-state index is -0.215. The molecule has 1 aromatic carbocycles. The molecule has 2 aromatic rings. The topological polar surface area (TPSA) is 79.0 Å². The molecule has 0 bridgehead atoms. The van der Waals surface area contributed by atoms with E-state index in [0.29, 0.717) is 16.7 Å². The number of carbonyl (C=O) groups excluding carboxylic acids is 1. The predicted molar refractivity (Wildman–Crippen MR) is 89.1 cm³/mol. The molecule has 122 valence electrons. The van der Waals surface area contributed by atoms with Crippen molar-refractivity contribution in [3.05, 3.63) is 40.7 Å². The first-order valence-corrected chi connectivity index (χ1v) is 7.94. The van der Waals surface area contributed by atoms with Crippen molar-refractivity contribution in [3.8, 4) is 5.75 Å². The Morgan fingerprint density at radius 2 is 2.39 bits per heavy atom. The van der Waals surface area contributed by atoms with Crippen molar-refractivity contribution in [2.45, 2.75) is 19.3 Å². The van der Waals surface area contributed by atoms with Crippen molar-refractivity contribution in [3.63, 3.8) is 0 Å². The third-order valence-corrected chi connectivity index (χ3v) is 4.14. The van der Waals surface area contributed by atoms with Crippen molar-refractivity contribution in [2.75, 3.05) is 25.0 Å². The Bertz CT molecular complexity index is 695. The number of halogens is 1. The summed E-state index contributed by atoms with van der Waals surface area (Å²) < 4.78 is 5.55. The van der Waals surface area contributed by atoms with Gasteiger partial charge in [0.25, 0.3) is 5.91 Å². The maximum atomic E-state index is 12.1. The van der Waals surface area contributed by atoms with E-state index in [1.165, 1.54) is 0 Å². The standard InChI is InChI=1S/C16H19ClN4O2/c1-10-6-12(17)2-3-14(10)23-9-15(22)20-13-8-19-21-16(13)11-4-5-18-7-11/h2-3,6,8,11,18H,4-5,7,9H2,1H3,(H,19,21)(H,20,22). The number of aryl methyl sites for hydroxylation is 1. The quantitative estimate of drug-likeness (QED) is 0.785. The number of aromatic amines is 1. The molecule has 0 aliphatic carbocycles. The Morgan fingerprint density at radius 1 is 1.52 bits per heavy atom. The number of anilines is 1. The highest BCUT2D eigenvalue weighted by atomic mass is 35.5. The largest absolute Gasteiger partial charge is 0.483 e. The fourth-order valence-corrected chi connectivity index (χ4v) is 2.94. The molecular weight excluding hydrogens is 316 g/mol. The Kier molecular flexibility index (Phi) is 4.83. The molecule has 0 saturated carbocycles. The molecule has 1 saturated heterocycles. The molecule has 1 aliphatic rings. The number of amides is 1. The van der Waals surface area contributed by atoms with Gasteiger partial charge in [-0.25, -0.2) is 0 Å². The first-order valence-electron chi connectivity index (χ1n) is 7.56. The number of H-pyrrole nitrogens is 1. The van der Waals surface area contributed by atoms with Gasteiger partial charge in [0.2, 0.25) is 0 Å². The van der Waals surface area contributed by atoms with Crippen LogP contribution in [0.3, 0.4) is 0 Å². The molecular formula is C16H19ClN4O2. The fraction of sp³-hybridized carbons (Fsp3) is 0.375. The van der Waals surface area contributed by atoms with Crippen LogP contribution in [-0.4, -0.2) is 35.8 Å². The predicted octanol–water partition coefficient (Wildman–Crippen LogP) is 2.47. The van der Waals surface area contributed by atoms with Crippen molar-refractivity contribution >= 4 is 23.2 Å². The number of nitrogens with one attached hydrogen (secondary N) is 3. The number of carbonyl (C=O) groups is 1. The Labute approximate surface area is 139 Å². The SMILES string of the molecule is Cc1cc(Cl)ccc1OCC(=O)Nc1cn[nH]c1C1CCNC1. The summed E-state index contributed by atoms with van der Waals surface area (Å²) in [5.74, 6) is 0.789. The molecule has 0 spiro atoms. The highest BCUT2D eigenvalue weighted by Crippen LogP contribution is 2.27. The second-order valence-electron chi connectivity index (χ2n) is 5.63. The summed E-state index contributed by atoms with van der Waals surface area (Å²) in [6.45, 7) is 3.71. The lowest BCUT2D eigenvalue weighted by Crippen LogP contribution is -2.21. The molecule has 3 rings (SSSR count). The van der Waals surface area contributed by atoms with Gasteiger partial charge >= 0.3 is 0 Å². The van der Waals surface area contributed by atoms with Gasteiger partial charge in [-0.1, -0.05) is 11.6 Å². The number of rotatable bonds is 5. The summed E-state index contributed by atoms with van der Waals surface area (Å²) in [7, 11) is 0. The van der Waals surface area contributed by atoms with E-state index in [4.69, 9.17) is 16.3 Å². The monoisotopic (exact) mass is 334 g/mol. The Hall–Kier alpha value is -2.05. The maximum absolute atomic E-state index is 12.1. The van der Waals surface area contributed by atoms with Gasteiger partial charge in [0.1, 0.15) is 5.75 Å². The second kappa shape index (κ2) is 7.02. The summed E-state index contributed by atoms with van der Waals surface area (Å²) in [5, 5.41) is 13.8. The van der Waals surface area contributed by atoms with E-state index < -0.39 is 0 Å². The number of ether oxygens (including phenoxy) is 1. The molecule has 0 radical (unpaired) electrons. The summed E-state index contributed by atoms with van der Waals surface area (Å²) in [6, 6.07) is 5.30. The van der Waals surface area contributed by atoms with Crippen molar-refractivity contribution in [1.82, 2.24) is 15.5 Å². The lowest BCUT2D eigenvalue weighted by atomic mass is 10.0. The first-order chi connectivity index (χ1) is 11.1. The molecule has 1 aromatic heterocycles. The van der Waals surface area contributed by atoms with Crippen LogP contribution in [0.2, 0.25) is 5.02 Å². The Morgan fingerprint density at radius 3 is 3.13 bits per heavy atom. The van der Waals surface area contributed by atoms with Crippen LogP contribution < -0.4 is 15.4 Å². The second-order valence-corrected chi connectivity index (χ2v) is 6.07. The van der Waals surface area contributed by atoms with Crippen LogP contribution >= 0.6 is 11.6 Å². The molecule has 23 heavy (non-hydrogen) atoms. The van der Waals surface area contributed by atoms with Gasteiger partial charge in [-0.3, -0.25) is 9.89 Å². The minimum absolute atomic E-state index is 0.0595. The van der Waals surface area contributed by atoms with Crippen molar-refractivity contribution in [1.29, 1.82) is 0 Å². The van der Waals surface area contributed by atoms with E-state index in [9.17, 15) is 4.79 Å². The molecule has 7 heteroatoms.